The van der Waals surface area contributed by atoms with E-state index in [1.54, 1.807) is 0 Å². The van der Waals surface area contributed by atoms with Crippen LogP contribution in [0.2, 0.25) is 0 Å². The number of carbonyl (C=O) groups excluding carboxylic acids is 1. The SMILES string of the molecule is CS[C@@H]1CC[C@H](N(C)CC(=O)N2C[C@@H](C)O[C@H](C)C2)C1. The number of nitrogens with zero attached hydrogens (tertiary/aromatic N) is 2. The van der Waals surface area contributed by atoms with Gasteiger partial charge < -0.3 is 9.64 Å². The third-order valence-corrected chi connectivity index (χ3v) is 5.57. The molecule has 0 N–H and O–H groups in total. The van der Waals surface area contributed by atoms with Gasteiger partial charge in [-0.25, -0.2) is 0 Å². The molecule has 0 unspecified atom stereocenters. The first-order valence-corrected chi connectivity index (χ1v) is 8.94. The van der Waals surface area contributed by atoms with E-state index in [1.807, 2.05) is 30.5 Å². The molecule has 0 radical (unpaired) electrons. The van der Waals surface area contributed by atoms with Crippen molar-refractivity contribution in [1.29, 1.82) is 0 Å². The van der Waals surface area contributed by atoms with Crippen molar-refractivity contribution >= 4 is 17.7 Å². The molecule has 1 saturated heterocycles. The van der Waals surface area contributed by atoms with Crippen LogP contribution >= 0.6 is 11.8 Å². The lowest BCUT2D eigenvalue weighted by Gasteiger charge is -2.36. The molecule has 1 amide bonds. The predicted octanol–water partition coefficient (Wildman–Crippen LogP) is 1.84. The third kappa shape index (κ3) is 4.12. The van der Waals surface area contributed by atoms with E-state index in [-0.39, 0.29) is 18.1 Å². The number of hydrogen-bond acceptors (Lipinski definition) is 4. The number of thioether (sulfide) groups is 1. The highest BCUT2D eigenvalue weighted by atomic mass is 32.2. The van der Waals surface area contributed by atoms with Crippen LogP contribution in [0.15, 0.2) is 0 Å². The van der Waals surface area contributed by atoms with E-state index >= 15 is 0 Å². The Balaban J connectivity index is 1.81. The minimum absolute atomic E-state index is 0.153. The highest BCUT2D eigenvalue weighted by molar-refractivity contribution is 7.99. The normalized spacial score (nSPS) is 34.8. The van der Waals surface area contributed by atoms with Crippen LogP contribution in [0.4, 0.5) is 0 Å². The molecule has 4 atom stereocenters. The van der Waals surface area contributed by atoms with Crippen molar-refractivity contribution in [3.63, 3.8) is 0 Å². The van der Waals surface area contributed by atoms with E-state index in [0.29, 0.717) is 12.6 Å². The average Bonchev–Trinajstić information content (AvgIpc) is 2.86. The molecule has 20 heavy (non-hydrogen) atoms. The molecule has 1 saturated carbocycles. The highest BCUT2D eigenvalue weighted by Crippen LogP contribution is 2.30. The highest BCUT2D eigenvalue weighted by Gasteiger charge is 2.30. The number of hydrogen-bond donors (Lipinski definition) is 0. The molecule has 0 spiro atoms. The Kier molecular flexibility index (Phi) is 5.75. The van der Waals surface area contributed by atoms with Gasteiger partial charge in [-0.15, -0.1) is 0 Å². The van der Waals surface area contributed by atoms with Gasteiger partial charge in [0, 0.05) is 24.4 Å². The molecule has 2 fully saturated rings. The molecular weight excluding hydrogens is 272 g/mol. The summed E-state index contributed by atoms with van der Waals surface area (Å²) in [6, 6.07) is 0.576. The van der Waals surface area contributed by atoms with Crippen LogP contribution in [0.1, 0.15) is 33.1 Å². The quantitative estimate of drug-likeness (QED) is 0.793. The summed E-state index contributed by atoms with van der Waals surface area (Å²) in [4.78, 5) is 16.7. The molecule has 0 aromatic carbocycles. The van der Waals surface area contributed by atoms with Gasteiger partial charge in [0.15, 0.2) is 0 Å². The lowest BCUT2D eigenvalue weighted by molar-refractivity contribution is -0.144. The summed E-state index contributed by atoms with van der Waals surface area (Å²) in [5, 5.41) is 0.779. The van der Waals surface area contributed by atoms with Gasteiger partial charge in [0.05, 0.1) is 18.8 Å². The molecule has 116 valence electrons. The van der Waals surface area contributed by atoms with Gasteiger partial charge in [0.2, 0.25) is 5.91 Å². The van der Waals surface area contributed by atoms with Crippen LogP contribution in [-0.2, 0) is 9.53 Å². The zero-order valence-corrected chi connectivity index (χ0v) is 14.0. The molecule has 4 nitrogen and oxygen atoms in total. The maximum atomic E-state index is 12.4. The van der Waals surface area contributed by atoms with Gasteiger partial charge in [0.1, 0.15) is 0 Å². The molecule has 0 aromatic heterocycles. The topological polar surface area (TPSA) is 32.8 Å². The van der Waals surface area contributed by atoms with Gasteiger partial charge in [-0.2, -0.15) is 11.8 Å². The molecule has 2 rings (SSSR count). The number of likely N-dealkylation sites (N-methyl/N-ethyl adjacent to an activating group) is 1. The smallest absolute Gasteiger partial charge is 0.236 e. The van der Waals surface area contributed by atoms with E-state index in [2.05, 4.69) is 18.2 Å². The van der Waals surface area contributed by atoms with Crippen LogP contribution in [0.25, 0.3) is 0 Å². The first-order chi connectivity index (χ1) is 9.49. The summed E-state index contributed by atoms with van der Waals surface area (Å²) in [6.45, 7) is 6.09. The number of morpholine rings is 1. The van der Waals surface area contributed by atoms with E-state index < -0.39 is 0 Å². The minimum atomic E-state index is 0.153. The summed E-state index contributed by atoms with van der Waals surface area (Å²) in [5.41, 5.74) is 0. The molecule has 1 aliphatic heterocycles. The van der Waals surface area contributed by atoms with Gasteiger partial charge in [0.25, 0.3) is 0 Å². The number of amides is 1. The molecule has 0 aromatic rings. The van der Waals surface area contributed by atoms with Crippen molar-refractivity contribution in [2.24, 2.45) is 0 Å². The van der Waals surface area contributed by atoms with E-state index in [0.717, 1.165) is 18.3 Å². The van der Waals surface area contributed by atoms with Crippen molar-refractivity contribution in [2.75, 3.05) is 32.9 Å². The Morgan fingerprint density at radius 3 is 2.50 bits per heavy atom. The number of ether oxygens (including phenoxy) is 1. The second kappa shape index (κ2) is 7.14. The molecular formula is C15H28N2O2S. The maximum absolute atomic E-state index is 12.4. The van der Waals surface area contributed by atoms with Crippen molar-refractivity contribution in [1.82, 2.24) is 9.80 Å². The largest absolute Gasteiger partial charge is 0.372 e. The zero-order chi connectivity index (χ0) is 14.7. The second-order valence-corrected chi connectivity index (χ2v) is 7.43. The number of rotatable bonds is 4. The molecule has 1 heterocycles. The van der Waals surface area contributed by atoms with Gasteiger partial charge >= 0.3 is 0 Å². The van der Waals surface area contributed by atoms with Gasteiger partial charge in [-0.05, 0) is 46.4 Å². The van der Waals surface area contributed by atoms with Gasteiger partial charge in [-0.1, -0.05) is 0 Å². The summed E-state index contributed by atoms with van der Waals surface area (Å²) in [5.74, 6) is 0.252. The van der Waals surface area contributed by atoms with Gasteiger partial charge in [-0.3, -0.25) is 9.69 Å². The van der Waals surface area contributed by atoms with E-state index in [9.17, 15) is 4.79 Å². The van der Waals surface area contributed by atoms with Crippen LogP contribution in [0.3, 0.4) is 0 Å². The summed E-state index contributed by atoms with van der Waals surface area (Å²) in [6.07, 6.45) is 6.23. The van der Waals surface area contributed by atoms with E-state index in [4.69, 9.17) is 4.74 Å². The zero-order valence-electron chi connectivity index (χ0n) is 13.2. The van der Waals surface area contributed by atoms with Crippen molar-refractivity contribution in [3.05, 3.63) is 0 Å². The fourth-order valence-electron chi connectivity index (χ4n) is 3.36. The molecule has 0 bridgehead atoms. The molecule has 1 aliphatic carbocycles. The Hall–Kier alpha value is -0.260. The first kappa shape index (κ1) is 16.1. The summed E-state index contributed by atoms with van der Waals surface area (Å²) >= 11 is 1.96. The van der Waals surface area contributed by atoms with Crippen molar-refractivity contribution in [3.8, 4) is 0 Å². The lowest BCUT2D eigenvalue weighted by atomic mass is 10.2. The number of carbonyl (C=O) groups is 1. The fourth-order valence-corrected chi connectivity index (χ4v) is 4.14. The molecule has 2 aliphatic rings. The van der Waals surface area contributed by atoms with E-state index in [1.165, 1.54) is 19.3 Å². The van der Waals surface area contributed by atoms with Crippen LogP contribution in [0, 0.1) is 0 Å². The van der Waals surface area contributed by atoms with Crippen LogP contribution in [0.5, 0.6) is 0 Å². The Morgan fingerprint density at radius 1 is 1.30 bits per heavy atom. The van der Waals surface area contributed by atoms with Crippen molar-refractivity contribution in [2.45, 2.75) is 56.6 Å². The molecule has 5 heteroatoms. The maximum Gasteiger partial charge on any atom is 0.236 e. The van der Waals surface area contributed by atoms with Crippen LogP contribution < -0.4 is 0 Å². The summed E-state index contributed by atoms with van der Waals surface area (Å²) < 4.78 is 5.69. The Bertz CT molecular complexity index is 330. The van der Waals surface area contributed by atoms with Crippen molar-refractivity contribution < 1.29 is 9.53 Å². The first-order valence-electron chi connectivity index (χ1n) is 7.65. The lowest BCUT2D eigenvalue weighted by Crippen LogP contribution is -2.51. The summed E-state index contributed by atoms with van der Waals surface area (Å²) in [7, 11) is 2.10. The Morgan fingerprint density at radius 2 is 1.95 bits per heavy atom. The Labute approximate surface area is 127 Å². The standard InChI is InChI=1S/C15H28N2O2S/c1-11-8-17(9-12(2)19-11)15(18)10-16(3)13-5-6-14(7-13)20-4/h11-14H,5-10H2,1-4H3/t11-,12-,13+,14-/m1/s1. The monoisotopic (exact) mass is 300 g/mol. The minimum Gasteiger partial charge on any atom is -0.372 e. The third-order valence-electron chi connectivity index (χ3n) is 4.47. The van der Waals surface area contributed by atoms with Crippen LogP contribution in [-0.4, -0.2) is 72.1 Å². The second-order valence-electron chi connectivity index (χ2n) is 6.30. The average molecular weight is 300 g/mol. The predicted molar refractivity (Wildman–Crippen MR) is 84.2 cm³/mol. The fraction of sp³-hybridized carbons (Fsp3) is 0.933.